The van der Waals surface area contributed by atoms with E-state index in [0.29, 0.717) is 17.6 Å². The van der Waals surface area contributed by atoms with Crippen LogP contribution in [0.3, 0.4) is 0 Å². The molecule has 0 aliphatic carbocycles. The van der Waals surface area contributed by atoms with E-state index in [2.05, 4.69) is 108 Å². The second-order valence-electron chi connectivity index (χ2n) is 15.0. The highest BCUT2D eigenvalue weighted by atomic mass is 16.3. The van der Waals surface area contributed by atoms with Crippen molar-refractivity contribution >= 4 is 49.3 Å². The molecule has 0 N–H and O–H groups in total. The van der Waals surface area contributed by atoms with Gasteiger partial charge in [0.05, 0.1) is 16.6 Å². The molecule has 6 nitrogen and oxygen atoms in total. The number of furan rings is 1. The second-order valence-corrected chi connectivity index (χ2v) is 15.0. The molecule has 57 heavy (non-hydrogen) atoms. The molecular formula is C51H38N5O+. The highest BCUT2D eigenvalue weighted by Gasteiger charge is 2.46. The van der Waals surface area contributed by atoms with Gasteiger partial charge in [0.1, 0.15) is 11.2 Å². The number of allylic oxidation sites excluding steroid dienone is 1. The molecule has 4 aromatic heterocycles. The van der Waals surface area contributed by atoms with Crippen LogP contribution in [-0.2, 0) is 5.54 Å². The fourth-order valence-corrected chi connectivity index (χ4v) is 9.18. The zero-order valence-electron chi connectivity index (χ0n) is 31.8. The molecule has 272 valence electrons. The number of nitrogens with zero attached hydrogens (tertiary/aromatic N) is 5. The lowest BCUT2D eigenvalue weighted by Gasteiger charge is -2.34. The lowest BCUT2D eigenvalue weighted by Crippen LogP contribution is -2.59. The minimum atomic E-state index is -0.149. The quantitative estimate of drug-likeness (QED) is 0.160. The number of rotatable bonds is 6. The largest absolute Gasteiger partial charge is 0.456 e. The van der Waals surface area contributed by atoms with Gasteiger partial charge >= 0.3 is 0 Å². The topological polar surface area (TPSA) is 60.6 Å². The molecule has 6 heteroatoms. The van der Waals surface area contributed by atoms with Crippen molar-refractivity contribution in [3.63, 3.8) is 0 Å². The summed E-state index contributed by atoms with van der Waals surface area (Å²) in [5, 5.41) is 4.36. The number of hydrogen-bond acceptors (Lipinski definition) is 4. The van der Waals surface area contributed by atoms with E-state index in [9.17, 15) is 0 Å². The van der Waals surface area contributed by atoms with Gasteiger partial charge in [-0.1, -0.05) is 117 Å². The van der Waals surface area contributed by atoms with E-state index in [0.717, 1.165) is 78.8 Å². The summed E-state index contributed by atoms with van der Waals surface area (Å²) in [7, 11) is 0. The lowest BCUT2D eigenvalue weighted by atomic mass is 9.75. The number of fused-ring (bicyclic) bond motifs is 9. The highest BCUT2D eigenvalue weighted by molar-refractivity contribution is 6.17. The van der Waals surface area contributed by atoms with Crippen LogP contribution in [0.1, 0.15) is 32.3 Å². The molecule has 0 fully saturated rings. The first-order valence-corrected chi connectivity index (χ1v) is 19.7. The SMILES string of the molecule is C=C1c2ccc(-c3ccc4c(c3)c3cc5c(cc3n4-c3nc(-c4ccccc4)nc(-c4ccccc4)n3)oc3ccccc35)cc2-c2cccc[n+]2C1(CC)CC. The Bertz CT molecular complexity index is 3170. The molecule has 0 atom stereocenters. The van der Waals surface area contributed by atoms with E-state index in [1.54, 1.807) is 0 Å². The van der Waals surface area contributed by atoms with Gasteiger partial charge in [-0.05, 0) is 53.1 Å². The molecule has 0 spiro atoms. The molecule has 0 amide bonds. The number of benzene rings is 6. The Hall–Kier alpha value is -7.18. The van der Waals surface area contributed by atoms with Crippen molar-refractivity contribution in [1.29, 1.82) is 0 Å². The average molecular weight is 737 g/mol. The van der Waals surface area contributed by atoms with E-state index in [-0.39, 0.29) is 5.54 Å². The van der Waals surface area contributed by atoms with E-state index < -0.39 is 0 Å². The van der Waals surface area contributed by atoms with Crippen LogP contribution in [0.4, 0.5) is 0 Å². The van der Waals surface area contributed by atoms with Crippen LogP contribution in [0.25, 0.3) is 100 Å². The van der Waals surface area contributed by atoms with Crippen LogP contribution in [0.15, 0.2) is 169 Å². The Morgan fingerprint density at radius 3 is 1.93 bits per heavy atom. The van der Waals surface area contributed by atoms with Crippen LogP contribution in [-0.4, -0.2) is 19.5 Å². The third-order valence-electron chi connectivity index (χ3n) is 12.2. The zero-order chi connectivity index (χ0) is 38.3. The van der Waals surface area contributed by atoms with E-state index >= 15 is 0 Å². The minimum Gasteiger partial charge on any atom is -0.456 e. The molecular weight excluding hydrogens is 699 g/mol. The Morgan fingerprint density at radius 1 is 0.544 bits per heavy atom. The summed E-state index contributed by atoms with van der Waals surface area (Å²) in [6.07, 6.45) is 4.18. The van der Waals surface area contributed by atoms with Gasteiger partial charge in [-0.15, -0.1) is 0 Å². The summed E-state index contributed by atoms with van der Waals surface area (Å²) < 4.78 is 11.1. The van der Waals surface area contributed by atoms with Crippen molar-refractivity contribution in [2.24, 2.45) is 0 Å². The van der Waals surface area contributed by atoms with Gasteiger partial charge in [0.2, 0.25) is 11.6 Å². The minimum absolute atomic E-state index is 0.149. The van der Waals surface area contributed by atoms with Gasteiger partial charge < -0.3 is 4.42 Å². The maximum absolute atomic E-state index is 6.47. The third-order valence-corrected chi connectivity index (χ3v) is 12.2. The summed E-state index contributed by atoms with van der Waals surface area (Å²) in [5.74, 6) is 1.77. The molecule has 1 aliphatic rings. The van der Waals surface area contributed by atoms with Crippen molar-refractivity contribution in [2.45, 2.75) is 32.2 Å². The lowest BCUT2D eigenvalue weighted by molar-refractivity contribution is -0.741. The Balaban J connectivity index is 1.17. The fraction of sp³-hybridized carbons (Fsp3) is 0.0980. The summed E-state index contributed by atoms with van der Waals surface area (Å²) in [4.78, 5) is 15.3. The molecule has 0 unspecified atom stereocenters. The Kier molecular flexibility index (Phi) is 7.38. The second kappa shape index (κ2) is 12.7. The number of pyridine rings is 1. The summed E-state index contributed by atoms with van der Waals surface area (Å²) in [6.45, 7) is 9.24. The first-order valence-electron chi connectivity index (χ1n) is 19.7. The fourth-order valence-electron chi connectivity index (χ4n) is 9.18. The Morgan fingerprint density at radius 2 is 1.19 bits per heavy atom. The maximum Gasteiger partial charge on any atom is 0.238 e. The monoisotopic (exact) mass is 736 g/mol. The Labute approximate surface area is 330 Å². The van der Waals surface area contributed by atoms with Gasteiger partial charge in [0, 0.05) is 69.3 Å². The number of hydrogen-bond donors (Lipinski definition) is 0. The predicted octanol–water partition coefficient (Wildman–Crippen LogP) is 12.4. The molecule has 5 heterocycles. The highest BCUT2D eigenvalue weighted by Crippen LogP contribution is 2.45. The number of para-hydroxylation sites is 1. The zero-order valence-corrected chi connectivity index (χ0v) is 31.8. The predicted molar refractivity (Wildman–Crippen MR) is 231 cm³/mol. The first-order chi connectivity index (χ1) is 28.0. The number of aromatic nitrogens is 5. The van der Waals surface area contributed by atoms with E-state index in [4.69, 9.17) is 25.9 Å². The van der Waals surface area contributed by atoms with Gasteiger partial charge in [-0.2, -0.15) is 14.5 Å². The molecule has 11 rings (SSSR count). The summed E-state index contributed by atoms with van der Waals surface area (Å²) in [6, 6.07) is 53.0. The molecule has 6 aromatic carbocycles. The molecule has 0 radical (unpaired) electrons. The van der Waals surface area contributed by atoms with Crippen LogP contribution < -0.4 is 4.57 Å². The van der Waals surface area contributed by atoms with Crippen molar-refractivity contribution in [3.8, 4) is 51.1 Å². The summed E-state index contributed by atoms with van der Waals surface area (Å²) >= 11 is 0. The van der Waals surface area contributed by atoms with Gasteiger partial charge in [0.15, 0.2) is 23.4 Å². The third kappa shape index (κ3) is 4.96. The molecule has 10 aromatic rings. The maximum atomic E-state index is 6.47. The smallest absolute Gasteiger partial charge is 0.238 e. The van der Waals surface area contributed by atoms with Crippen molar-refractivity contribution in [1.82, 2.24) is 19.5 Å². The standard InChI is InChI=1S/C51H38N5O/c1-4-51(5-2)32(3)37-25-23-35(28-39(37)43-21-14-15-27-55(43)51)36-24-26-44-40(29-36)41-30-42-38-20-12-13-22-46(38)57-47(42)31-45(41)56(44)50-53-48(33-16-8-6-9-17-33)52-49(54-50)34-18-10-7-11-19-34/h6-31H,3-5H2,1-2H3/q+1. The first kappa shape index (κ1) is 33.2. The summed E-state index contributed by atoms with van der Waals surface area (Å²) in [5.41, 5.74) is 12.4. The van der Waals surface area contributed by atoms with Crippen molar-refractivity contribution in [3.05, 3.63) is 170 Å². The van der Waals surface area contributed by atoms with Crippen LogP contribution >= 0.6 is 0 Å². The average Bonchev–Trinajstić information content (AvgIpc) is 3.80. The van der Waals surface area contributed by atoms with Crippen LogP contribution in [0.2, 0.25) is 0 Å². The van der Waals surface area contributed by atoms with Crippen LogP contribution in [0, 0.1) is 0 Å². The van der Waals surface area contributed by atoms with E-state index in [1.807, 2.05) is 72.8 Å². The van der Waals surface area contributed by atoms with Gasteiger partial charge in [-0.3, -0.25) is 4.57 Å². The van der Waals surface area contributed by atoms with Crippen molar-refractivity contribution < 1.29 is 8.98 Å². The molecule has 0 saturated heterocycles. The van der Waals surface area contributed by atoms with Gasteiger partial charge in [0.25, 0.3) is 0 Å². The molecule has 1 aliphatic heterocycles. The van der Waals surface area contributed by atoms with Crippen molar-refractivity contribution in [2.75, 3.05) is 0 Å². The van der Waals surface area contributed by atoms with E-state index in [1.165, 1.54) is 22.4 Å². The molecule has 0 saturated carbocycles. The molecule has 0 bridgehead atoms. The van der Waals surface area contributed by atoms with Gasteiger partial charge in [-0.25, -0.2) is 4.98 Å². The normalized spacial score (nSPS) is 13.4. The van der Waals surface area contributed by atoms with Crippen LogP contribution in [0.5, 0.6) is 0 Å².